The summed E-state index contributed by atoms with van der Waals surface area (Å²) < 4.78 is 8.50. The number of hydrogen-bond acceptors (Lipinski definition) is 2. The van der Waals surface area contributed by atoms with Gasteiger partial charge in [0.25, 0.3) is 0 Å². The van der Waals surface area contributed by atoms with E-state index in [1.54, 1.807) is 0 Å². The monoisotopic (exact) mass is 422 g/mol. The Morgan fingerprint density at radius 3 is 1.77 bits per heavy atom. The predicted octanol–water partition coefficient (Wildman–Crippen LogP) is 7.29. The van der Waals surface area contributed by atoms with Crippen LogP contribution in [-0.2, 0) is 0 Å². The maximum atomic E-state index is 6.44. The van der Waals surface area contributed by atoms with Crippen molar-refractivity contribution in [3.05, 3.63) is 126 Å². The Morgan fingerprint density at radius 1 is 0.613 bits per heavy atom. The molecule has 150 valence electrons. The van der Waals surface area contributed by atoms with Crippen molar-refractivity contribution >= 4 is 17.3 Å². The lowest BCUT2D eigenvalue weighted by Crippen LogP contribution is -2.14. The van der Waals surface area contributed by atoms with E-state index in [9.17, 15) is 0 Å². The molecule has 5 rings (SSSR count). The zero-order valence-electron chi connectivity index (χ0n) is 16.7. The van der Waals surface area contributed by atoms with Crippen molar-refractivity contribution in [3.8, 4) is 28.3 Å². The van der Waals surface area contributed by atoms with Crippen molar-refractivity contribution in [2.24, 2.45) is 4.99 Å². The van der Waals surface area contributed by atoms with Gasteiger partial charge in [-0.1, -0.05) is 90.5 Å². The third-order valence-electron chi connectivity index (χ3n) is 4.97. The fraction of sp³-hybridized carbons (Fsp3) is 0. The number of nitrogens with zero attached hydrogens (tertiary/aromatic N) is 2. The average Bonchev–Trinajstić information content (AvgIpc) is 3.21. The van der Waals surface area contributed by atoms with Gasteiger partial charge in [0, 0.05) is 16.1 Å². The van der Waals surface area contributed by atoms with E-state index in [2.05, 4.69) is 28.8 Å². The molecular weight excluding hydrogens is 404 g/mol. The molecule has 0 aliphatic carbocycles. The van der Waals surface area contributed by atoms with Crippen molar-refractivity contribution in [1.29, 1.82) is 0 Å². The molecule has 0 atom stereocenters. The van der Waals surface area contributed by atoms with Crippen molar-refractivity contribution in [2.75, 3.05) is 0 Å². The summed E-state index contributed by atoms with van der Waals surface area (Å²) in [6.45, 7) is 0. The first-order valence-electron chi connectivity index (χ1n) is 10.0. The molecule has 0 unspecified atom stereocenters. The van der Waals surface area contributed by atoms with Gasteiger partial charge >= 0.3 is 5.68 Å². The Labute approximate surface area is 185 Å². The van der Waals surface area contributed by atoms with Crippen LogP contribution in [0.5, 0.6) is 0 Å². The maximum absolute atomic E-state index is 6.44. The molecule has 0 aliphatic heterocycles. The van der Waals surface area contributed by atoms with E-state index in [0.29, 0.717) is 10.7 Å². The molecule has 0 saturated carbocycles. The van der Waals surface area contributed by atoms with Gasteiger partial charge in [0.1, 0.15) is 5.69 Å². The zero-order valence-corrected chi connectivity index (χ0v) is 17.4. The normalized spacial score (nSPS) is 11.6. The SMILES string of the molecule is Clc1ccc(N=c2oc(-c3ccccc3)c(-c3ccccc3)n2-c2ccccc2)cc1. The predicted molar refractivity (Wildman–Crippen MR) is 126 cm³/mol. The standard InChI is InChI=1S/C27H19ClN2O/c28-22-16-18-23(19-17-22)29-27-30(24-14-8-3-9-15-24)25(20-10-4-1-5-11-20)26(31-27)21-12-6-2-7-13-21/h1-19H. The van der Waals surface area contributed by atoms with Crippen LogP contribution >= 0.6 is 11.6 Å². The van der Waals surface area contributed by atoms with Crippen molar-refractivity contribution < 1.29 is 4.42 Å². The molecular formula is C27H19ClN2O. The fourth-order valence-electron chi connectivity index (χ4n) is 3.54. The quantitative estimate of drug-likeness (QED) is 0.299. The maximum Gasteiger partial charge on any atom is 0.307 e. The van der Waals surface area contributed by atoms with Gasteiger partial charge in [-0.25, -0.2) is 0 Å². The Kier molecular flexibility index (Phi) is 5.26. The molecule has 0 amide bonds. The highest BCUT2D eigenvalue weighted by Crippen LogP contribution is 2.33. The molecule has 5 aromatic rings. The third-order valence-corrected chi connectivity index (χ3v) is 5.22. The summed E-state index contributed by atoms with van der Waals surface area (Å²) in [6, 6.07) is 37.9. The third kappa shape index (κ3) is 3.96. The first kappa shape index (κ1) is 19.2. The van der Waals surface area contributed by atoms with Crippen LogP contribution < -0.4 is 5.68 Å². The molecule has 0 aliphatic rings. The minimum atomic E-state index is 0.492. The molecule has 0 spiro atoms. The molecule has 0 saturated heterocycles. The fourth-order valence-corrected chi connectivity index (χ4v) is 3.67. The molecule has 4 heteroatoms. The first-order valence-corrected chi connectivity index (χ1v) is 10.4. The highest BCUT2D eigenvalue weighted by Gasteiger charge is 2.20. The summed E-state index contributed by atoms with van der Waals surface area (Å²) >= 11 is 6.06. The number of oxazole rings is 1. The van der Waals surface area contributed by atoms with Gasteiger partial charge in [-0.2, -0.15) is 4.99 Å². The summed E-state index contributed by atoms with van der Waals surface area (Å²) in [5, 5.41) is 0.671. The Bertz CT molecular complexity index is 1350. The topological polar surface area (TPSA) is 30.4 Å². The molecule has 4 aromatic carbocycles. The molecule has 0 N–H and O–H groups in total. The van der Waals surface area contributed by atoms with E-state index < -0.39 is 0 Å². The van der Waals surface area contributed by atoms with Crippen LogP contribution in [-0.4, -0.2) is 4.57 Å². The van der Waals surface area contributed by atoms with Gasteiger partial charge in [-0.05, 0) is 36.4 Å². The van der Waals surface area contributed by atoms with Gasteiger partial charge in [-0.3, -0.25) is 4.57 Å². The second kappa shape index (κ2) is 8.50. The van der Waals surface area contributed by atoms with E-state index in [4.69, 9.17) is 21.0 Å². The van der Waals surface area contributed by atoms with Crippen molar-refractivity contribution in [2.45, 2.75) is 0 Å². The van der Waals surface area contributed by atoms with E-state index in [0.717, 1.165) is 34.0 Å². The average molecular weight is 423 g/mol. The van der Waals surface area contributed by atoms with Crippen molar-refractivity contribution in [3.63, 3.8) is 0 Å². The highest BCUT2D eigenvalue weighted by molar-refractivity contribution is 6.30. The van der Waals surface area contributed by atoms with Crippen LogP contribution in [0, 0.1) is 0 Å². The molecule has 1 heterocycles. The second-order valence-electron chi connectivity index (χ2n) is 7.05. The summed E-state index contributed by atoms with van der Waals surface area (Å²) in [5.41, 5.74) is 5.22. The van der Waals surface area contributed by atoms with Gasteiger partial charge in [0.05, 0.1) is 11.4 Å². The molecule has 0 bridgehead atoms. The van der Waals surface area contributed by atoms with Crippen LogP contribution in [0.3, 0.4) is 0 Å². The second-order valence-corrected chi connectivity index (χ2v) is 7.49. The number of rotatable bonds is 4. The van der Waals surface area contributed by atoms with E-state index >= 15 is 0 Å². The molecule has 1 aromatic heterocycles. The lowest BCUT2D eigenvalue weighted by molar-refractivity contribution is 0.499. The van der Waals surface area contributed by atoms with E-state index in [1.807, 2.05) is 91.0 Å². The van der Waals surface area contributed by atoms with E-state index in [1.165, 1.54) is 0 Å². The van der Waals surface area contributed by atoms with Crippen LogP contribution in [0.25, 0.3) is 28.3 Å². The Morgan fingerprint density at radius 2 is 1.16 bits per heavy atom. The number of benzene rings is 4. The van der Waals surface area contributed by atoms with Crippen molar-refractivity contribution in [1.82, 2.24) is 4.57 Å². The summed E-state index contributed by atoms with van der Waals surface area (Å²) in [4.78, 5) is 4.83. The minimum Gasteiger partial charge on any atom is -0.422 e. The summed E-state index contributed by atoms with van der Waals surface area (Å²) in [6.07, 6.45) is 0. The zero-order chi connectivity index (χ0) is 21.0. The van der Waals surface area contributed by atoms with Gasteiger partial charge in [0.15, 0.2) is 5.76 Å². The molecule has 0 fully saturated rings. The Hall–Kier alpha value is -3.82. The first-order chi connectivity index (χ1) is 15.3. The summed E-state index contributed by atoms with van der Waals surface area (Å²) in [5.74, 6) is 0.767. The van der Waals surface area contributed by atoms with Gasteiger partial charge < -0.3 is 4.42 Å². The van der Waals surface area contributed by atoms with Crippen LogP contribution in [0.15, 0.2) is 125 Å². The lowest BCUT2D eigenvalue weighted by Gasteiger charge is -2.09. The lowest BCUT2D eigenvalue weighted by atomic mass is 10.1. The highest BCUT2D eigenvalue weighted by atomic mass is 35.5. The van der Waals surface area contributed by atoms with Crippen LogP contribution in [0.1, 0.15) is 0 Å². The number of halogens is 1. The number of para-hydroxylation sites is 1. The van der Waals surface area contributed by atoms with Gasteiger partial charge in [0.2, 0.25) is 0 Å². The number of aromatic nitrogens is 1. The van der Waals surface area contributed by atoms with E-state index in [-0.39, 0.29) is 0 Å². The number of hydrogen-bond donors (Lipinski definition) is 0. The Balaban J connectivity index is 1.87. The smallest absolute Gasteiger partial charge is 0.307 e. The van der Waals surface area contributed by atoms with Crippen LogP contribution in [0.2, 0.25) is 5.02 Å². The van der Waals surface area contributed by atoms with Crippen LogP contribution in [0.4, 0.5) is 5.69 Å². The van der Waals surface area contributed by atoms with Gasteiger partial charge in [-0.15, -0.1) is 0 Å². The molecule has 0 radical (unpaired) electrons. The molecule has 3 nitrogen and oxygen atoms in total. The minimum absolute atomic E-state index is 0.492. The molecule has 31 heavy (non-hydrogen) atoms. The largest absolute Gasteiger partial charge is 0.422 e. The summed E-state index contributed by atoms with van der Waals surface area (Å²) in [7, 11) is 0.